The van der Waals surface area contributed by atoms with Crippen molar-refractivity contribution in [1.29, 1.82) is 0 Å². The van der Waals surface area contributed by atoms with Gasteiger partial charge in [-0.15, -0.1) is 0 Å². The van der Waals surface area contributed by atoms with E-state index in [4.69, 9.17) is 0 Å². The maximum absolute atomic E-state index is 12.1. The Bertz CT molecular complexity index is 668. The Labute approximate surface area is 102 Å². The molecule has 3 rings (SSSR count). The predicted octanol–water partition coefficient (Wildman–Crippen LogP) is -0.345. The number of nitrogens with zero attached hydrogens (tertiary/aromatic N) is 2. The second kappa shape index (κ2) is 3.95. The van der Waals surface area contributed by atoms with Crippen LogP contribution in [-0.4, -0.2) is 40.9 Å². The zero-order valence-electron chi connectivity index (χ0n) is 9.77. The van der Waals surface area contributed by atoms with Crippen LogP contribution in [0.3, 0.4) is 0 Å². The number of hydrogen-bond acceptors (Lipinski definition) is 5. The Hall–Kier alpha value is -2.15. The standard InChI is InChI=1S/C11H12N4O3/c1-18-11(17)8-4-13-10-7(9(8)16)5-14-15(10)6-2-12-3-6/h4-6,12H,2-3H2,1H3,(H,13,16). The fraction of sp³-hybridized carbons (Fsp3) is 0.364. The monoisotopic (exact) mass is 248 g/mol. The molecule has 0 spiro atoms. The molecule has 0 amide bonds. The average Bonchev–Trinajstić information content (AvgIpc) is 2.71. The molecule has 0 bridgehead atoms. The number of H-pyrrole nitrogens is 1. The smallest absolute Gasteiger partial charge is 0.343 e. The van der Waals surface area contributed by atoms with Crippen LogP contribution in [0.5, 0.6) is 0 Å². The number of hydrogen-bond donors (Lipinski definition) is 2. The highest BCUT2D eigenvalue weighted by Gasteiger charge is 2.23. The first-order valence-electron chi connectivity index (χ1n) is 5.60. The van der Waals surface area contributed by atoms with Crippen molar-refractivity contribution in [3.63, 3.8) is 0 Å². The van der Waals surface area contributed by atoms with E-state index in [-0.39, 0.29) is 17.0 Å². The van der Waals surface area contributed by atoms with Gasteiger partial charge in [-0.1, -0.05) is 0 Å². The highest BCUT2D eigenvalue weighted by Crippen LogP contribution is 2.16. The first kappa shape index (κ1) is 11.0. The van der Waals surface area contributed by atoms with Crippen molar-refractivity contribution in [1.82, 2.24) is 20.1 Å². The molecule has 1 aliphatic rings. The summed E-state index contributed by atoms with van der Waals surface area (Å²) in [5.74, 6) is -0.642. The Kier molecular flexibility index (Phi) is 2.41. The molecule has 1 saturated heterocycles. The van der Waals surface area contributed by atoms with Crippen LogP contribution in [0, 0.1) is 0 Å². The predicted molar refractivity (Wildman–Crippen MR) is 63.6 cm³/mol. The normalized spacial score (nSPS) is 15.6. The summed E-state index contributed by atoms with van der Waals surface area (Å²) in [4.78, 5) is 26.4. The number of ether oxygens (including phenoxy) is 1. The summed E-state index contributed by atoms with van der Waals surface area (Å²) in [5, 5.41) is 7.75. The summed E-state index contributed by atoms with van der Waals surface area (Å²) in [6.07, 6.45) is 2.86. The number of nitrogens with one attached hydrogen (secondary N) is 2. The Balaban J connectivity index is 2.16. The lowest BCUT2D eigenvalue weighted by Crippen LogP contribution is -2.43. The van der Waals surface area contributed by atoms with Crippen molar-refractivity contribution >= 4 is 17.0 Å². The van der Waals surface area contributed by atoms with Crippen LogP contribution in [0.25, 0.3) is 11.0 Å². The van der Waals surface area contributed by atoms with E-state index in [1.165, 1.54) is 19.5 Å². The molecule has 0 atom stereocenters. The minimum Gasteiger partial charge on any atom is -0.465 e. The van der Waals surface area contributed by atoms with Gasteiger partial charge in [0.05, 0.1) is 24.7 Å². The summed E-state index contributed by atoms with van der Waals surface area (Å²) < 4.78 is 6.33. The van der Waals surface area contributed by atoms with Crippen molar-refractivity contribution in [2.45, 2.75) is 6.04 Å². The Morgan fingerprint density at radius 2 is 2.33 bits per heavy atom. The number of rotatable bonds is 2. The molecule has 2 N–H and O–H groups in total. The highest BCUT2D eigenvalue weighted by molar-refractivity contribution is 5.92. The number of fused-ring (bicyclic) bond motifs is 1. The van der Waals surface area contributed by atoms with Crippen LogP contribution < -0.4 is 10.7 Å². The van der Waals surface area contributed by atoms with Gasteiger partial charge in [0, 0.05) is 19.3 Å². The second-order valence-corrected chi connectivity index (χ2v) is 4.19. The van der Waals surface area contributed by atoms with Gasteiger partial charge in [0.2, 0.25) is 5.43 Å². The molecule has 0 aromatic carbocycles. The largest absolute Gasteiger partial charge is 0.465 e. The molecule has 1 aliphatic heterocycles. The van der Waals surface area contributed by atoms with Crippen LogP contribution in [0.4, 0.5) is 0 Å². The number of aromatic nitrogens is 3. The molecular weight excluding hydrogens is 236 g/mol. The fourth-order valence-corrected chi connectivity index (χ4v) is 2.01. The van der Waals surface area contributed by atoms with Crippen molar-refractivity contribution in [2.24, 2.45) is 0 Å². The minimum atomic E-state index is -0.642. The maximum atomic E-state index is 12.1. The molecule has 0 aliphatic carbocycles. The van der Waals surface area contributed by atoms with Crippen LogP contribution in [-0.2, 0) is 4.74 Å². The van der Waals surface area contributed by atoms with Gasteiger partial charge in [-0.25, -0.2) is 9.48 Å². The molecule has 2 aromatic heterocycles. The number of pyridine rings is 1. The van der Waals surface area contributed by atoms with Gasteiger partial charge < -0.3 is 15.0 Å². The molecule has 18 heavy (non-hydrogen) atoms. The molecule has 0 radical (unpaired) electrons. The van der Waals surface area contributed by atoms with Crippen LogP contribution >= 0.6 is 0 Å². The summed E-state index contributed by atoms with van der Waals surface area (Å²) in [5.41, 5.74) is 0.282. The maximum Gasteiger partial charge on any atom is 0.343 e. The van der Waals surface area contributed by atoms with E-state index < -0.39 is 5.97 Å². The van der Waals surface area contributed by atoms with Gasteiger partial charge in [0.25, 0.3) is 0 Å². The molecule has 7 nitrogen and oxygen atoms in total. The van der Waals surface area contributed by atoms with Crippen molar-refractivity contribution in [2.75, 3.05) is 20.2 Å². The topological polar surface area (TPSA) is 89.0 Å². The summed E-state index contributed by atoms with van der Waals surface area (Å²) in [6, 6.07) is 0.252. The van der Waals surface area contributed by atoms with Gasteiger partial charge in [0.1, 0.15) is 11.2 Å². The van der Waals surface area contributed by atoms with Crippen LogP contribution in [0.1, 0.15) is 16.4 Å². The van der Waals surface area contributed by atoms with E-state index >= 15 is 0 Å². The molecule has 0 saturated carbocycles. The summed E-state index contributed by atoms with van der Waals surface area (Å²) >= 11 is 0. The third kappa shape index (κ3) is 1.44. The molecule has 3 heterocycles. The van der Waals surface area contributed by atoms with Gasteiger partial charge in [-0.3, -0.25) is 4.79 Å². The van der Waals surface area contributed by atoms with E-state index in [0.29, 0.717) is 11.0 Å². The number of methoxy groups -OCH3 is 1. The molecule has 1 fully saturated rings. The second-order valence-electron chi connectivity index (χ2n) is 4.19. The van der Waals surface area contributed by atoms with E-state index in [2.05, 4.69) is 20.1 Å². The molecule has 0 unspecified atom stereocenters. The van der Waals surface area contributed by atoms with Gasteiger partial charge in [-0.2, -0.15) is 5.10 Å². The van der Waals surface area contributed by atoms with E-state index in [9.17, 15) is 9.59 Å². The SMILES string of the molecule is COC(=O)c1c[nH]c2c(cnn2C2CNC2)c1=O. The van der Waals surface area contributed by atoms with Crippen LogP contribution in [0.2, 0.25) is 0 Å². The highest BCUT2D eigenvalue weighted by atomic mass is 16.5. The van der Waals surface area contributed by atoms with E-state index in [0.717, 1.165) is 13.1 Å². The number of carbonyl (C=O) groups is 1. The molecule has 7 heteroatoms. The summed E-state index contributed by atoms with van der Waals surface area (Å²) in [6.45, 7) is 1.66. The van der Waals surface area contributed by atoms with Crippen LogP contribution in [0.15, 0.2) is 17.2 Å². The van der Waals surface area contributed by atoms with Gasteiger partial charge in [0.15, 0.2) is 0 Å². The lowest BCUT2D eigenvalue weighted by Gasteiger charge is -2.27. The number of aromatic amines is 1. The molecular formula is C11H12N4O3. The molecule has 94 valence electrons. The quantitative estimate of drug-likeness (QED) is 0.709. The van der Waals surface area contributed by atoms with Gasteiger partial charge in [-0.05, 0) is 0 Å². The zero-order valence-corrected chi connectivity index (χ0v) is 9.77. The third-order valence-corrected chi connectivity index (χ3v) is 3.15. The summed E-state index contributed by atoms with van der Waals surface area (Å²) in [7, 11) is 1.25. The third-order valence-electron chi connectivity index (χ3n) is 3.15. The first-order valence-corrected chi connectivity index (χ1v) is 5.60. The Morgan fingerprint density at radius 1 is 1.56 bits per heavy atom. The van der Waals surface area contributed by atoms with E-state index in [1.807, 2.05) is 0 Å². The van der Waals surface area contributed by atoms with Gasteiger partial charge >= 0.3 is 5.97 Å². The zero-order chi connectivity index (χ0) is 12.7. The van der Waals surface area contributed by atoms with Crippen molar-refractivity contribution < 1.29 is 9.53 Å². The molecule has 2 aromatic rings. The average molecular weight is 248 g/mol. The van der Waals surface area contributed by atoms with Crippen molar-refractivity contribution in [3.8, 4) is 0 Å². The van der Waals surface area contributed by atoms with E-state index in [1.54, 1.807) is 4.68 Å². The lowest BCUT2D eigenvalue weighted by atomic mass is 10.2. The first-order chi connectivity index (χ1) is 8.72. The minimum absolute atomic E-state index is 0.00344. The number of esters is 1. The number of carbonyl (C=O) groups excluding carboxylic acids is 1. The Morgan fingerprint density at radius 3 is 2.94 bits per heavy atom. The fourth-order valence-electron chi connectivity index (χ4n) is 2.01. The van der Waals surface area contributed by atoms with Crippen molar-refractivity contribution in [3.05, 3.63) is 28.2 Å². The lowest BCUT2D eigenvalue weighted by molar-refractivity contribution is 0.0599.